The monoisotopic (exact) mass is 513 g/mol. The fourth-order valence-electron chi connectivity index (χ4n) is 7.22. The van der Waals surface area contributed by atoms with Crippen molar-refractivity contribution < 1.29 is 0 Å². The Kier molecular flexibility index (Phi) is 4.20. The maximum absolute atomic E-state index is 3.90. The summed E-state index contributed by atoms with van der Waals surface area (Å²) in [5.41, 5.74) is 12.7. The summed E-state index contributed by atoms with van der Waals surface area (Å²) in [6.45, 7) is 0. The van der Waals surface area contributed by atoms with Crippen LogP contribution in [0.3, 0.4) is 0 Å². The minimum absolute atomic E-state index is 0.357. The molecule has 1 heterocycles. The Balaban J connectivity index is 1.31. The van der Waals surface area contributed by atoms with Gasteiger partial charge in [-0.25, -0.2) is 0 Å². The minimum atomic E-state index is -0.357. The van der Waals surface area contributed by atoms with Crippen LogP contribution < -0.4 is 5.32 Å². The van der Waals surface area contributed by atoms with Crippen LogP contribution in [0.15, 0.2) is 133 Å². The zero-order chi connectivity index (χ0) is 25.6. The number of hydrogen-bond acceptors (Lipinski definition) is 2. The Bertz CT molecular complexity index is 2050. The van der Waals surface area contributed by atoms with E-state index in [9.17, 15) is 0 Å². The van der Waals surface area contributed by atoms with Crippen LogP contribution in [0.4, 0.5) is 11.4 Å². The van der Waals surface area contributed by atoms with Crippen molar-refractivity contribution >= 4 is 42.9 Å². The highest BCUT2D eigenvalue weighted by molar-refractivity contribution is 7.25. The second-order valence-electron chi connectivity index (χ2n) is 10.5. The van der Waals surface area contributed by atoms with Crippen molar-refractivity contribution in [1.29, 1.82) is 0 Å². The summed E-state index contributed by atoms with van der Waals surface area (Å²) < 4.78 is 2.64. The fourth-order valence-corrected chi connectivity index (χ4v) is 8.36. The largest absolute Gasteiger partial charge is 0.355 e. The first kappa shape index (κ1) is 21.3. The molecule has 0 bridgehead atoms. The third kappa shape index (κ3) is 2.69. The topological polar surface area (TPSA) is 12.0 Å². The smallest absolute Gasteiger partial charge is 0.0745 e. The van der Waals surface area contributed by atoms with Gasteiger partial charge in [-0.05, 0) is 63.2 Å². The van der Waals surface area contributed by atoms with E-state index in [1.807, 2.05) is 11.3 Å². The molecule has 0 fully saturated rings. The van der Waals surface area contributed by atoms with Crippen LogP contribution in [0.25, 0.3) is 42.4 Å². The molecule has 0 radical (unpaired) electrons. The van der Waals surface area contributed by atoms with Crippen LogP contribution in [-0.2, 0) is 5.41 Å². The molecule has 1 nitrogen and oxygen atoms in total. The Morgan fingerprint density at radius 3 is 1.74 bits per heavy atom. The quantitative estimate of drug-likeness (QED) is 0.242. The third-order valence-corrected chi connectivity index (χ3v) is 9.80. The number of nitrogens with one attached hydrogen (secondary N) is 1. The van der Waals surface area contributed by atoms with Crippen LogP contribution in [0.2, 0.25) is 0 Å². The number of anilines is 2. The van der Waals surface area contributed by atoms with Crippen LogP contribution >= 0.6 is 11.3 Å². The van der Waals surface area contributed by atoms with Gasteiger partial charge < -0.3 is 5.32 Å². The summed E-state index contributed by atoms with van der Waals surface area (Å²) in [6.07, 6.45) is 0. The molecule has 0 saturated carbocycles. The second kappa shape index (κ2) is 7.69. The highest BCUT2D eigenvalue weighted by atomic mass is 32.1. The predicted molar refractivity (Wildman–Crippen MR) is 165 cm³/mol. The maximum Gasteiger partial charge on any atom is 0.0745 e. The van der Waals surface area contributed by atoms with Crippen molar-refractivity contribution in [3.05, 3.63) is 156 Å². The van der Waals surface area contributed by atoms with Crippen molar-refractivity contribution in [1.82, 2.24) is 0 Å². The molecule has 2 heteroatoms. The van der Waals surface area contributed by atoms with Gasteiger partial charge in [0.2, 0.25) is 0 Å². The van der Waals surface area contributed by atoms with E-state index in [-0.39, 0.29) is 5.41 Å². The maximum atomic E-state index is 3.90. The van der Waals surface area contributed by atoms with E-state index in [1.165, 1.54) is 64.7 Å². The van der Waals surface area contributed by atoms with Gasteiger partial charge >= 0.3 is 0 Å². The van der Waals surface area contributed by atoms with Gasteiger partial charge in [-0.3, -0.25) is 0 Å². The molecule has 0 atom stereocenters. The lowest BCUT2D eigenvalue weighted by Gasteiger charge is -2.32. The van der Waals surface area contributed by atoms with E-state index in [0.717, 1.165) is 11.4 Å². The average molecular weight is 514 g/mol. The van der Waals surface area contributed by atoms with Gasteiger partial charge in [0.1, 0.15) is 0 Å². The summed E-state index contributed by atoms with van der Waals surface area (Å²) in [5.74, 6) is 0. The van der Waals surface area contributed by atoms with Gasteiger partial charge in [0.15, 0.2) is 0 Å². The molecular formula is C37H23NS. The van der Waals surface area contributed by atoms with Gasteiger partial charge in [0, 0.05) is 37.1 Å². The molecule has 9 rings (SSSR count). The number of rotatable bonds is 2. The molecule has 2 aliphatic rings. The molecular weight excluding hydrogens is 490 g/mol. The van der Waals surface area contributed by atoms with Crippen LogP contribution in [0, 0.1) is 0 Å². The Labute approximate surface area is 231 Å². The first-order valence-corrected chi connectivity index (χ1v) is 14.3. The SMILES string of the molecule is c1ccc2c(c1)-c1ccccc1C21c2ccccc2-c2cccc(Nc3ccc4c(c3)sc3ccccc34)c21. The van der Waals surface area contributed by atoms with Crippen LogP contribution in [0.5, 0.6) is 0 Å². The summed E-state index contributed by atoms with van der Waals surface area (Å²) in [4.78, 5) is 0. The van der Waals surface area contributed by atoms with Gasteiger partial charge in [-0.1, -0.05) is 109 Å². The first-order valence-electron chi connectivity index (χ1n) is 13.4. The first-order chi connectivity index (χ1) is 19.3. The summed E-state index contributed by atoms with van der Waals surface area (Å²) >= 11 is 1.86. The third-order valence-electron chi connectivity index (χ3n) is 8.67. The normalized spacial score (nSPS) is 13.8. The second-order valence-corrected chi connectivity index (χ2v) is 11.6. The van der Waals surface area contributed by atoms with Gasteiger partial charge in [-0.15, -0.1) is 11.3 Å². The van der Waals surface area contributed by atoms with E-state index < -0.39 is 0 Å². The van der Waals surface area contributed by atoms with E-state index >= 15 is 0 Å². The lowest BCUT2D eigenvalue weighted by atomic mass is 9.70. The zero-order valence-corrected chi connectivity index (χ0v) is 21.9. The molecule has 0 saturated heterocycles. The van der Waals surface area contributed by atoms with Crippen molar-refractivity contribution in [3.8, 4) is 22.3 Å². The van der Waals surface area contributed by atoms with E-state index in [2.05, 4.69) is 139 Å². The Hall–Kier alpha value is -4.66. The summed E-state index contributed by atoms with van der Waals surface area (Å²) in [6, 6.07) is 49.2. The predicted octanol–water partition coefficient (Wildman–Crippen LogP) is 10.1. The molecule has 0 aliphatic heterocycles. The molecule has 39 heavy (non-hydrogen) atoms. The van der Waals surface area contributed by atoms with Gasteiger partial charge in [0.25, 0.3) is 0 Å². The summed E-state index contributed by atoms with van der Waals surface area (Å²) in [5, 5.41) is 6.55. The van der Waals surface area contributed by atoms with Crippen molar-refractivity contribution in [3.63, 3.8) is 0 Å². The zero-order valence-electron chi connectivity index (χ0n) is 21.1. The summed E-state index contributed by atoms with van der Waals surface area (Å²) in [7, 11) is 0. The molecule has 7 aromatic rings. The molecule has 1 aromatic heterocycles. The number of fused-ring (bicyclic) bond motifs is 13. The molecule has 1 spiro atoms. The van der Waals surface area contributed by atoms with Crippen molar-refractivity contribution in [2.75, 3.05) is 5.32 Å². The van der Waals surface area contributed by atoms with Crippen LogP contribution in [0.1, 0.15) is 22.3 Å². The molecule has 2 aliphatic carbocycles. The Morgan fingerprint density at radius 2 is 1.03 bits per heavy atom. The highest BCUT2D eigenvalue weighted by Gasteiger charge is 2.52. The number of hydrogen-bond donors (Lipinski definition) is 1. The number of benzene rings is 6. The highest BCUT2D eigenvalue weighted by Crippen LogP contribution is 2.64. The minimum Gasteiger partial charge on any atom is -0.355 e. The van der Waals surface area contributed by atoms with E-state index in [4.69, 9.17) is 0 Å². The molecule has 1 N–H and O–H groups in total. The fraction of sp³-hybridized carbons (Fsp3) is 0.0270. The molecule has 0 unspecified atom stereocenters. The lowest BCUT2D eigenvalue weighted by Crippen LogP contribution is -2.26. The Morgan fingerprint density at radius 1 is 0.462 bits per heavy atom. The van der Waals surface area contributed by atoms with E-state index in [0.29, 0.717) is 0 Å². The molecule has 0 amide bonds. The van der Waals surface area contributed by atoms with Gasteiger partial charge in [0.05, 0.1) is 5.41 Å². The van der Waals surface area contributed by atoms with Crippen molar-refractivity contribution in [2.45, 2.75) is 5.41 Å². The lowest BCUT2D eigenvalue weighted by molar-refractivity contribution is 0.796. The van der Waals surface area contributed by atoms with Crippen LogP contribution in [-0.4, -0.2) is 0 Å². The molecule has 6 aromatic carbocycles. The van der Waals surface area contributed by atoms with Gasteiger partial charge in [-0.2, -0.15) is 0 Å². The van der Waals surface area contributed by atoms with E-state index in [1.54, 1.807) is 0 Å². The molecule has 182 valence electrons. The van der Waals surface area contributed by atoms with Crippen molar-refractivity contribution in [2.24, 2.45) is 0 Å². The standard InChI is InChI=1S/C37H23NS/c1-5-15-30-24(10-1)25-11-2-6-16-31(25)37(30)32-17-7-3-12-26(32)29-14-9-18-33(36(29)37)38-23-20-21-28-27-13-4-8-19-34(27)39-35(28)22-23/h1-22,38H. The average Bonchev–Trinajstić information content (AvgIpc) is 3.61. The number of thiophene rings is 1.